The quantitative estimate of drug-likeness (QED) is 0.133. The van der Waals surface area contributed by atoms with Gasteiger partial charge in [-0.25, -0.2) is 0 Å². The predicted octanol–water partition coefficient (Wildman–Crippen LogP) is 12.4. The van der Waals surface area contributed by atoms with Crippen molar-refractivity contribution < 1.29 is 8.83 Å². The summed E-state index contributed by atoms with van der Waals surface area (Å²) in [7, 11) is 0. The number of aryl methyl sites for hydroxylation is 5. The summed E-state index contributed by atoms with van der Waals surface area (Å²) in [6.07, 6.45) is 6.84. The van der Waals surface area contributed by atoms with Crippen molar-refractivity contribution in [2.24, 2.45) is 5.92 Å². The normalized spacial score (nSPS) is 16.9. The Hall–Kier alpha value is -5.54. The molecule has 53 heavy (non-hydrogen) atoms. The van der Waals surface area contributed by atoms with Gasteiger partial charge in [0.05, 0.1) is 0 Å². The van der Waals surface area contributed by atoms with E-state index in [0.717, 1.165) is 46.3 Å². The van der Waals surface area contributed by atoms with Crippen LogP contribution in [0.4, 0.5) is 0 Å². The smallest absolute Gasteiger partial charge is 0.218 e. The van der Waals surface area contributed by atoms with E-state index in [1.165, 1.54) is 82.6 Å². The molecule has 0 saturated heterocycles. The minimum atomic E-state index is 0.170. The van der Waals surface area contributed by atoms with E-state index >= 15 is 0 Å². The number of benzene rings is 6. The molecule has 2 aromatic heterocycles. The van der Waals surface area contributed by atoms with Crippen LogP contribution >= 0.6 is 0 Å². The topological polar surface area (TPSA) is 26.3 Å². The largest absolute Gasteiger partial charge is 0.456 e. The zero-order valence-electron chi connectivity index (χ0n) is 31.4. The lowest BCUT2D eigenvalue weighted by atomic mass is 9.28. The summed E-state index contributed by atoms with van der Waals surface area (Å²) in [6.45, 7) is 14.1. The Bertz CT molecular complexity index is 2790. The maximum atomic E-state index is 6.76. The molecule has 0 saturated carbocycles. The summed E-state index contributed by atoms with van der Waals surface area (Å²) in [6, 6.07) is 37.8. The molecule has 8 aromatic rings. The first-order valence-electron chi connectivity index (χ1n) is 19.2. The molecule has 10 rings (SSSR count). The molecule has 0 aliphatic heterocycles. The molecule has 0 spiro atoms. The first-order valence-corrected chi connectivity index (χ1v) is 19.2. The molecule has 258 valence electrons. The molecule has 0 N–H and O–H groups in total. The monoisotopic (exact) mass is 686 g/mol. The Morgan fingerprint density at radius 2 is 1.23 bits per heavy atom. The third kappa shape index (κ3) is 5.01. The zero-order valence-corrected chi connectivity index (χ0v) is 31.4. The van der Waals surface area contributed by atoms with E-state index in [-0.39, 0.29) is 6.71 Å². The second kappa shape index (κ2) is 12.0. The molecular formula is C50H43BO2. The molecule has 0 bridgehead atoms. The van der Waals surface area contributed by atoms with Gasteiger partial charge in [-0.05, 0) is 116 Å². The number of para-hydroxylation sites is 2. The summed E-state index contributed by atoms with van der Waals surface area (Å²) >= 11 is 0. The number of rotatable bonds is 5. The van der Waals surface area contributed by atoms with Crippen LogP contribution in [0, 0.1) is 26.7 Å². The van der Waals surface area contributed by atoms with Crippen LogP contribution in [0.3, 0.4) is 0 Å². The van der Waals surface area contributed by atoms with Crippen molar-refractivity contribution in [1.29, 1.82) is 0 Å². The Morgan fingerprint density at radius 3 is 1.89 bits per heavy atom. The number of allylic oxidation sites excluding steroid dienone is 4. The average molecular weight is 687 g/mol. The van der Waals surface area contributed by atoms with E-state index in [1.54, 1.807) is 0 Å². The standard InChI is InChI=1S/C50H43BO2/c1-28-21-30(3)49(31(4)22-28)51(50-32(5)23-29(2)24-33(50)6)42-27-41(46-26-36-12-8-10-14-44(36)53-46)39-18-16-34-15-17-37(38-19-20-40(42)48(39)47(34)38)45-25-35-11-7-9-13-43(35)52-45/h7-18,21-27,30,49H,19-20H2,1-6H3. The van der Waals surface area contributed by atoms with Crippen LogP contribution in [0.5, 0.6) is 0 Å². The van der Waals surface area contributed by atoms with Crippen molar-refractivity contribution in [3.8, 4) is 22.6 Å². The average Bonchev–Trinajstić information content (AvgIpc) is 3.77. The van der Waals surface area contributed by atoms with Crippen LogP contribution in [0.2, 0.25) is 5.82 Å². The van der Waals surface area contributed by atoms with Gasteiger partial charge >= 0.3 is 0 Å². The lowest BCUT2D eigenvalue weighted by Gasteiger charge is -2.37. The first kappa shape index (κ1) is 32.1. The van der Waals surface area contributed by atoms with E-state index in [1.807, 2.05) is 0 Å². The van der Waals surface area contributed by atoms with Crippen molar-refractivity contribution >= 4 is 61.1 Å². The Balaban J connectivity index is 1.34. The molecule has 6 aromatic carbocycles. The highest BCUT2D eigenvalue weighted by molar-refractivity contribution is 6.88. The van der Waals surface area contributed by atoms with E-state index in [4.69, 9.17) is 8.83 Å². The van der Waals surface area contributed by atoms with Gasteiger partial charge in [0.2, 0.25) is 6.71 Å². The van der Waals surface area contributed by atoms with E-state index in [2.05, 4.69) is 157 Å². The van der Waals surface area contributed by atoms with Crippen LogP contribution in [-0.2, 0) is 12.8 Å². The number of hydrogen-bond acceptors (Lipinski definition) is 2. The van der Waals surface area contributed by atoms with Gasteiger partial charge in [0.15, 0.2) is 0 Å². The maximum Gasteiger partial charge on any atom is 0.218 e. The van der Waals surface area contributed by atoms with Crippen LogP contribution in [-0.4, -0.2) is 6.71 Å². The Morgan fingerprint density at radius 1 is 0.604 bits per heavy atom. The predicted molar refractivity (Wildman–Crippen MR) is 225 cm³/mol. The van der Waals surface area contributed by atoms with E-state index in [9.17, 15) is 0 Å². The van der Waals surface area contributed by atoms with Crippen molar-refractivity contribution in [2.45, 2.75) is 60.2 Å². The maximum absolute atomic E-state index is 6.76. The van der Waals surface area contributed by atoms with Crippen LogP contribution in [0.1, 0.15) is 48.6 Å². The lowest BCUT2D eigenvalue weighted by Crippen LogP contribution is -2.52. The van der Waals surface area contributed by atoms with Crippen LogP contribution in [0.15, 0.2) is 135 Å². The summed E-state index contributed by atoms with van der Waals surface area (Å²) < 4.78 is 13.3. The molecule has 0 amide bonds. The van der Waals surface area contributed by atoms with Gasteiger partial charge in [-0.2, -0.15) is 0 Å². The van der Waals surface area contributed by atoms with Crippen molar-refractivity contribution in [3.05, 3.63) is 154 Å². The molecule has 2 heterocycles. The van der Waals surface area contributed by atoms with Crippen LogP contribution < -0.4 is 10.9 Å². The molecule has 2 unspecified atom stereocenters. The minimum absolute atomic E-state index is 0.170. The molecule has 2 atom stereocenters. The molecule has 0 fully saturated rings. The number of fused-ring (bicyclic) bond motifs is 2. The third-order valence-electron chi connectivity index (χ3n) is 12.4. The van der Waals surface area contributed by atoms with Crippen molar-refractivity contribution in [2.75, 3.05) is 0 Å². The van der Waals surface area contributed by atoms with Gasteiger partial charge in [-0.15, -0.1) is 0 Å². The highest BCUT2D eigenvalue weighted by Crippen LogP contribution is 2.46. The SMILES string of the molecule is CC1=CC(C)C(B(c2cc(-c3cc4ccccc4o3)c3ccc4ccc(-c5cc6ccccc6o5)c5c4c3c2CC5)c2c(C)cc(C)cc2C)C(C)=C1. The lowest BCUT2D eigenvalue weighted by molar-refractivity contribution is 0.630. The molecule has 2 aliphatic carbocycles. The highest BCUT2D eigenvalue weighted by Gasteiger charge is 2.39. The Labute approximate surface area is 311 Å². The summed E-state index contributed by atoms with van der Waals surface area (Å²) in [5.41, 5.74) is 16.9. The highest BCUT2D eigenvalue weighted by atomic mass is 16.3. The third-order valence-corrected chi connectivity index (χ3v) is 12.4. The fourth-order valence-electron chi connectivity index (χ4n) is 10.4. The summed E-state index contributed by atoms with van der Waals surface area (Å²) in [5.74, 6) is 2.57. The van der Waals surface area contributed by atoms with Gasteiger partial charge < -0.3 is 8.83 Å². The second-order valence-electron chi connectivity index (χ2n) is 15.9. The summed E-state index contributed by atoms with van der Waals surface area (Å²) in [5, 5.41) is 7.54. The van der Waals surface area contributed by atoms with Crippen molar-refractivity contribution in [1.82, 2.24) is 0 Å². The van der Waals surface area contributed by atoms with Crippen molar-refractivity contribution in [3.63, 3.8) is 0 Å². The van der Waals surface area contributed by atoms with Gasteiger partial charge in [0.1, 0.15) is 22.7 Å². The zero-order chi connectivity index (χ0) is 36.1. The van der Waals surface area contributed by atoms with Gasteiger partial charge in [0, 0.05) is 21.9 Å². The molecule has 2 nitrogen and oxygen atoms in total. The summed E-state index contributed by atoms with van der Waals surface area (Å²) in [4.78, 5) is 0. The number of hydrogen-bond donors (Lipinski definition) is 0. The Kier molecular flexibility index (Phi) is 7.28. The van der Waals surface area contributed by atoms with Gasteiger partial charge in [0.25, 0.3) is 0 Å². The fourth-order valence-corrected chi connectivity index (χ4v) is 10.4. The molecule has 3 heteroatoms. The van der Waals surface area contributed by atoms with Gasteiger partial charge in [-0.1, -0.05) is 137 Å². The number of furan rings is 2. The first-order chi connectivity index (χ1) is 25.7. The molecular weight excluding hydrogens is 643 g/mol. The fraction of sp³-hybridized carbons (Fsp3) is 0.200. The molecule has 2 aliphatic rings. The minimum Gasteiger partial charge on any atom is -0.456 e. The van der Waals surface area contributed by atoms with E-state index in [0.29, 0.717) is 11.7 Å². The molecule has 0 radical (unpaired) electrons. The second-order valence-corrected chi connectivity index (χ2v) is 15.9. The van der Waals surface area contributed by atoms with E-state index < -0.39 is 0 Å². The van der Waals surface area contributed by atoms with Gasteiger partial charge in [-0.3, -0.25) is 0 Å². The van der Waals surface area contributed by atoms with Crippen LogP contribution in [0.25, 0.3) is 66.1 Å².